The van der Waals surface area contributed by atoms with E-state index in [1.807, 2.05) is 43.9 Å². The van der Waals surface area contributed by atoms with Gasteiger partial charge >= 0.3 is 0 Å². The summed E-state index contributed by atoms with van der Waals surface area (Å²) >= 11 is 0. The lowest BCUT2D eigenvalue weighted by atomic mass is 10.1. The minimum Gasteiger partial charge on any atom is -0.490 e. The number of para-hydroxylation sites is 1. The fourth-order valence-electron chi connectivity index (χ4n) is 3.53. The fourth-order valence-corrected chi connectivity index (χ4v) is 3.53. The Labute approximate surface area is 160 Å². The maximum atomic E-state index is 13.4. The van der Waals surface area contributed by atoms with E-state index in [4.69, 9.17) is 14.2 Å². The molecule has 5 nitrogen and oxygen atoms in total. The van der Waals surface area contributed by atoms with Crippen LogP contribution in [0.4, 0.5) is 5.69 Å². The second-order valence-corrected chi connectivity index (χ2v) is 6.46. The van der Waals surface area contributed by atoms with E-state index >= 15 is 0 Å². The number of benzene rings is 2. The van der Waals surface area contributed by atoms with Gasteiger partial charge in [0.2, 0.25) is 5.75 Å². The summed E-state index contributed by atoms with van der Waals surface area (Å²) in [6.07, 6.45) is 0.857. The molecular weight excluding hydrogens is 342 g/mol. The van der Waals surface area contributed by atoms with Crippen LogP contribution in [-0.4, -0.2) is 31.8 Å². The van der Waals surface area contributed by atoms with Crippen LogP contribution in [0.25, 0.3) is 0 Å². The van der Waals surface area contributed by atoms with Crippen LogP contribution in [0.2, 0.25) is 0 Å². The van der Waals surface area contributed by atoms with E-state index < -0.39 is 0 Å². The highest BCUT2D eigenvalue weighted by Gasteiger charge is 2.32. The monoisotopic (exact) mass is 369 g/mol. The molecule has 1 aliphatic rings. The fraction of sp³-hybridized carbons (Fsp3) is 0.409. The quantitative estimate of drug-likeness (QED) is 0.722. The number of fused-ring (bicyclic) bond motifs is 1. The summed E-state index contributed by atoms with van der Waals surface area (Å²) in [6.45, 7) is 9.24. The molecule has 0 saturated carbocycles. The van der Waals surface area contributed by atoms with Gasteiger partial charge in [-0.2, -0.15) is 0 Å². The summed E-state index contributed by atoms with van der Waals surface area (Å²) in [5.74, 6) is 1.56. The Balaban J connectivity index is 2.04. The summed E-state index contributed by atoms with van der Waals surface area (Å²) in [4.78, 5) is 15.2. The van der Waals surface area contributed by atoms with Gasteiger partial charge in [-0.15, -0.1) is 0 Å². The van der Waals surface area contributed by atoms with E-state index in [1.165, 1.54) is 5.56 Å². The smallest absolute Gasteiger partial charge is 0.258 e. The number of ether oxygens (including phenoxy) is 3. The molecule has 144 valence electrons. The number of carbonyl (C=O) groups excluding carboxylic acids is 1. The maximum absolute atomic E-state index is 13.4. The number of anilines is 1. The van der Waals surface area contributed by atoms with Gasteiger partial charge in [-0.25, -0.2) is 0 Å². The van der Waals surface area contributed by atoms with Crippen LogP contribution >= 0.6 is 0 Å². The van der Waals surface area contributed by atoms with Crippen molar-refractivity contribution in [2.75, 3.05) is 24.7 Å². The molecule has 0 bridgehead atoms. The van der Waals surface area contributed by atoms with Crippen LogP contribution < -0.4 is 19.1 Å². The second kappa shape index (κ2) is 8.33. The second-order valence-electron chi connectivity index (χ2n) is 6.46. The maximum Gasteiger partial charge on any atom is 0.258 e. The Bertz CT molecular complexity index is 791. The Morgan fingerprint density at radius 3 is 2.19 bits per heavy atom. The van der Waals surface area contributed by atoms with E-state index in [9.17, 15) is 4.79 Å². The summed E-state index contributed by atoms with van der Waals surface area (Å²) in [5, 5.41) is 0. The third-order valence-corrected chi connectivity index (χ3v) is 4.58. The Morgan fingerprint density at radius 1 is 1.00 bits per heavy atom. The van der Waals surface area contributed by atoms with Crippen molar-refractivity contribution >= 4 is 11.6 Å². The molecule has 0 radical (unpaired) electrons. The van der Waals surface area contributed by atoms with Crippen molar-refractivity contribution in [3.05, 3.63) is 47.5 Å². The predicted octanol–water partition coefficient (Wildman–Crippen LogP) is 4.47. The molecule has 0 aromatic heterocycles. The van der Waals surface area contributed by atoms with E-state index in [0.29, 0.717) is 42.6 Å². The van der Waals surface area contributed by atoms with E-state index in [1.54, 1.807) is 12.1 Å². The van der Waals surface area contributed by atoms with Crippen LogP contribution in [0.15, 0.2) is 36.4 Å². The zero-order valence-electron chi connectivity index (χ0n) is 16.5. The lowest BCUT2D eigenvalue weighted by Crippen LogP contribution is -2.35. The van der Waals surface area contributed by atoms with Crippen LogP contribution in [0.3, 0.4) is 0 Å². The van der Waals surface area contributed by atoms with Crippen molar-refractivity contribution in [2.45, 2.75) is 40.2 Å². The van der Waals surface area contributed by atoms with Crippen LogP contribution in [0.5, 0.6) is 17.2 Å². The molecule has 1 unspecified atom stereocenters. The Hall–Kier alpha value is -2.69. The van der Waals surface area contributed by atoms with Gasteiger partial charge in [0.25, 0.3) is 5.91 Å². The lowest BCUT2D eigenvalue weighted by Gasteiger charge is -2.24. The Kier molecular flexibility index (Phi) is 5.89. The van der Waals surface area contributed by atoms with Crippen molar-refractivity contribution in [3.63, 3.8) is 0 Å². The number of rotatable bonds is 7. The summed E-state index contributed by atoms with van der Waals surface area (Å²) in [5.41, 5.74) is 2.70. The van der Waals surface area contributed by atoms with Gasteiger partial charge in [0.1, 0.15) is 0 Å². The first-order valence-corrected chi connectivity index (χ1v) is 9.58. The topological polar surface area (TPSA) is 48.0 Å². The van der Waals surface area contributed by atoms with Crippen LogP contribution in [0, 0.1) is 0 Å². The molecule has 0 fully saturated rings. The lowest BCUT2D eigenvalue weighted by molar-refractivity contribution is 0.0980. The number of carbonyl (C=O) groups is 1. The van der Waals surface area contributed by atoms with Crippen molar-refractivity contribution in [3.8, 4) is 17.2 Å². The van der Waals surface area contributed by atoms with Gasteiger partial charge in [-0.05, 0) is 57.9 Å². The van der Waals surface area contributed by atoms with Gasteiger partial charge in [0, 0.05) is 17.3 Å². The van der Waals surface area contributed by atoms with Gasteiger partial charge in [-0.1, -0.05) is 18.2 Å². The SMILES string of the molecule is CCOc1cc(C(=O)N2c3ccccc3CC2C)cc(OCC)c1OCC. The molecule has 2 aromatic carbocycles. The average Bonchev–Trinajstić information content (AvgIpc) is 2.99. The molecule has 0 saturated heterocycles. The normalized spacial score (nSPS) is 15.4. The highest BCUT2D eigenvalue weighted by atomic mass is 16.5. The zero-order chi connectivity index (χ0) is 19.4. The summed E-state index contributed by atoms with van der Waals surface area (Å²) < 4.78 is 17.2. The minimum atomic E-state index is -0.0580. The van der Waals surface area contributed by atoms with Crippen molar-refractivity contribution in [1.82, 2.24) is 0 Å². The third-order valence-electron chi connectivity index (χ3n) is 4.58. The summed E-state index contributed by atoms with van der Waals surface area (Å²) in [7, 11) is 0. The number of hydrogen-bond acceptors (Lipinski definition) is 4. The molecule has 5 heteroatoms. The average molecular weight is 369 g/mol. The predicted molar refractivity (Wildman–Crippen MR) is 106 cm³/mol. The number of hydrogen-bond donors (Lipinski definition) is 0. The summed E-state index contributed by atoms with van der Waals surface area (Å²) in [6, 6.07) is 11.7. The molecule has 1 aliphatic heterocycles. The molecule has 1 amide bonds. The minimum absolute atomic E-state index is 0.0580. The van der Waals surface area contributed by atoms with Gasteiger partial charge in [0.15, 0.2) is 11.5 Å². The Morgan fingerprint density at radius 2 is 1.59 bits per heavy atom. The van der Waals surface area contributed by atoms with Crippen molar-refractivity contribution < 1.29 is 19.0 Å². The van der Waals surface area contributed by atoms with Crippen molar-refractivity contribution in [1.29, 1.82) is 0 Å². The molecule has 1 atom stereocenters. The molecule has 3 rings (SSSR count). The first-order chi connectivity index (χ1) is 13.1. The number of nitrogens with zero attached hydrogens (tertiary/aromatic N) is 1. The van der Waals surface area contributed by atoms with Gasteiger partial charge < -0.3 is 19.1 Å². The molecular formula is C22H27NO4. The molecule has 0 spiro atoms. The zero-order valence-corrected chi connectivity index (χ0v) is 16.5. The molecule has 0 N–H and O–H groups in total. The van der Waals surface area contributed by atoms with E-state index in [-0.39, 0.29) is 11.9 Å². The van der Waals surface area contributed by atoms with Crippen LogP contribution in [0.1, 0.15) is 43.6 Å². The highest BCUT2D eigenvalue weighted by Crippen LogP contribution is 2.41. The van der Waals surface area contributed by atoms with E-state index in [0.717, 1.165) is 12.1 Å². The molecule has 0 aliphatic carbocycles. The first-order valence-electron chi connectivity index (χ1n) is 9.58. The number of amides is 1. The molecule has 27 heavy (non-hydrogen) atoms. The van der Waals surface area contributed by atoms with Crippen LogP contribution in [-0.2, 0) is 6.42 Å². The molecule has 1 heterocycles. The van der Waals surface area contributed by atoms with E-state index in [2.05, 4.69) is 13.0 Å². The highest BCUT2D eigenvalue weighted by molar-refractivity contribution is 6.08. The van der Waals surface area contributed by atoms with Gasteiger partial charge in [-0.3, -0.25) is 4.79 Å². The molecule has 2 aromatic rings. The van der Waals surface area contributed by atoms with Gasteiger partial charge in [0.05, 0.1) is 19.8 Å². The van der Waals surface area contributed by atoms with Crippen molar-refractivity contribution in [2.24, 2.45) is 0 Å². The standard InChI is InChI=1S/C22H27NO4/c1-5-25-19-13-17(14-20(26-6-2)21(19)27-7-3)22(24)23-15(4)12-16-10-8-9-11-18(16)23/h8-11,13-15H,5-7,12H2,1-4H3. The largest absolute Gasteiger partial charge is 0.490 e. The third kappa shape index (κ3) is 3.72. The first kappa shape index (κ1) is 19.1.